The second kappa shape index (κ2) is 8.86. The summed E-state index contributed by atoms with van der Waals surface area (Å²) in [6.07, 6.45) is -0.785. The van der Waals surface area contributed by atoms with Crippen molar-refractivity contribution in [3.8, 4) is 11.5 Å². The van der Waals surface area contributed by atoms with Crippen LogP contribution in [0.25, 0.3) is 21.9 Å². The fourth-order valence-electron chi connectivity index (χ4n) is 3.03. The number of furan rings is 1. The van der Waals surface area contributed by atoms with Gasteiger partial charge in [0.15, 0.2) is 6.10 Å². The molecule has 0 saturated heterocycles. The van der Waals surface area contributed by atoms with Crippen LogP contribution in [0.5, 0.6) is 11.5 Å². The largest absolute Gasteiger partial charge is 0.490 e. The highest BCUT2D eigenvalue weighted by Crippen LogP contribution is 2.33. The average Bonchev–Trinajstić information content (AvgIpc) is 3.07. The van der Waals surface area contributed by atoms with E-state index in [1.165, 1.54) is 0 Å². The van der Waals surface area contributed by atoms with Crippen molar-refractivity contribution in [2.24, 2.45) is 0 Å². The first-order valence-corrected chi connectivity index (χ1v) is 10.1. The molecule has 0 fully saturated rings. The molecule has 0 spiro atoms. The van der Waals surface area contributed by atoms with Crippen LogP contribution in [0, 0.1) is 0 Å². The van der Waals surface area contributed by atoms with E-state index in [4.69, 9.17) is 41.8 Å². The van der Waals surface area contributed by atoms with Crippen LogP contribution in [0.2, 0.25) is 10.0 Å². The zero-order valence-corrected chi connectivity index (χ0v) is 17.6. The molecule has 154 valence electrons. The molecule has 1 unspecified atom stereocenters. The maximum Gasteiger partial charge on any atom is 0.347 e. The summed E-state index contributed by atoms with van der Waals surface area (Å²) in [6.45, 7) is 1.94. The van der Waals surface area contributed by atoms with E-state index in [0.29, 0.717) is 32.7 Å². The van der Waals surface area contributed by atoms with Crippen molar-refractivity contribution >= 4 is 51.1 Å². The summed E-state index contributed by atoms with van der Waals surface area (Å²) < 4.78 is 22.3. The monoisotopic (exact) mass is 444 g/mol. The number of esters is 1. The Bertz CT molecular complexity index is 1200. The van der Waals surface area contributed by atoms with E-state index in [1.807, 2.05) is 18.2 Å². The molecule has 4 rings (SSSR count). The molecule has 0 radical (unpaired) electrons. The minimum Gasteiger partial charge on any atom is -0.490 e. The first-order chi connectivity index (χ1) is 14.5. The van der Waals surface area contributed by atoms with Gasteiger partial charge in [-0.25, -0.2) is 4.79 Å². The van der Waals surface area contributed by atoms with Crippen molar-refractivity contribution in [1.29, 1.82) is 0 Å². The number of fused-ring (bicyclic) bond motifs is 3. The van der Waals surface area contributed by atoms with E-state index in [-0.39, 0.29) is 13.2 Å². The molecule has 3 aromatic carbocycles. The van der Waals surface area contributed by atoms with Gasteiger partial charge in [0.05, 0.1) is 0 Å². The van der Waals surface area contributed by atoms with Crippen LogP contribution in [0.1, 0.15) is 6.92 Å². The molecule has 7 heteroatoms. The molecule has 4 aromatic rings. The van der Waals surface area contributed by atoms with Gasteiger partial charge in [0.25, 0.3) is 0 Å². The molecule has 0 saturated carbocycles. The third-order valence-corrected chi connectivity index (χ3v) is 4.91. The Morgan fingerprint density at radius 2 is 1.63 bits per heavy atom. The maximum absolute atomic E-state index is 12.2. The van der Waals surface area contributed by atoms with Crippen molar-refractivity contribution in [2.45, 2.75) is 13.0 Å². The normalized spacial score (nSPS) is 12.1. The minimum atomic E-state index is -0.785. The molecular weight excluding hydrogens is 427 g/mol. The van der Waals surface area contributed by atoms with Crippen LogP contribution < -0.4 is 9.47 Å². The smallest absolute Gasteiger partial charge is 0.347 e. The molecule has 0 bridgehead atoms. The molecular formula is C23H18Cl2O5. The van der Waals surface area contributed by atoms with Gasteiger partial charge in [0.1, 0.15) is 35.9 Å². The number of rotatable bonds is 7. The van der Waals surface area contributed by atoms with E-state index in [1.54, 1.807) is 49.4 Å². The molecule has 1 heterocycles. The van der Waals surface area contributed by atoms with Gasteiger partial charge in [-0.3, -0.25) is 0 Å². The van der Waals surface area contributed by atoms with E-state index >= 15 is 0 Å². The Balaban J connectivity index is 1.33. The summed E-state index contributed by atoms with van der Waals surface area (Å²) in [5.41, 5.74) is 1.35. The molecule has 0 N–H and O–H groups in total. The van der Waals surface area contributed by atoms with E-state index in [0.717, 1.165) is 10.8 Å². The van der Waals surface area contributed by atoms with Gasteiger partial charge in [-0.2, -0.15) is 0 Å². The first kappa shape index (κ1) is 20.4. The summed E-state index contributed by atoms with van der Waals surface area (Å²) in [5, 5.41) is 3.10. The lowest BCUT2D eigenvalue weighted by Crippen LogP contribution is -2.27. The Hall–Kier alpha value is -2.89. The molecule has 0 aliphatic rings. The van der Waals surface area contributed by atoms with Crippen molar-refractivity contribution in [3.63, 3.8) is 0 Å². The van der Waals surface area contributed by atoms with Crippen LogP contribution in [0.4, 0.5) is 0 Å². The second-order valence-corrected chi connectivity index (χ2v) is 7.51. The zero-order valence-electron chi connectivity index (χ0n) is 16.1. The van der Waals surface area contributed by atoms with E-state index < -0.39 is 12.1 Å². The van der Waals surface area contributed by atoms with Gasteiger partial charge in [0.2, 0.25) is 0 Å². The quantitative estimate of drug-likeness (QED) is 0.248. The number of carbonyl (C=O) groups is 1. The van der Waals surface area contributed by atoms with Crippen LogP contribution in [0.3, 0.4) is 0 Å². The Labute approximate surface area is 183 Å². The molecule has 30 heavy (non-hydrogen) atoms. The van der Waals surface area contributed by atoms with Crippen LogP contribution >= 0.6 is 23.2 Å². The van der Waals surface area contributed by atoms with Gasteiger partial charge in [-0.15, -0.1) is 0 Å². The van der Waals surface area contributed by atoms with Gasteiger partial charge in [-0.05, 0) is 49.4 Å². The lowest BCUT2D eigenvalue weighted by molar-refractivity contribution is -0.151. The highest BCUT2D eigenvalue weighted by atomic mass is 35.5. The second-order valence-electron chi connectivity index (χ2n) is 6.63. The number of ether oxygens (including phenoxy) is 3. The number of carbonyl (C=O) groups excluding carboxylic acids is 1. The standard InChI is InChI=1S/C23H18Cl2O5/c1-14(23(26)28-10-9-27-17-4-2-3-15(24)11-17)29-18-6-8-20-19-7-5-16(25)12-21(19)30-22(20)13-18/h2-8,11-14H,9-10H2,1H3. The molecule has 0 aliphatic heterocycles. The fraction of sp³-hybridized carbons (Fsp3) is 0.174. The minimum absolute atomic E-state index is 0.0996. The molecule has 5 nitrogen and oxygen atoms in total. The highest BCUT2D eigenvalue weighted by molar-refractivity contribution is 6.31. The third-order valence-electron chi connectivity index (χ3n) is 4.44. The first-order valence-electron chi connectivity index (χ1n) is 9.33. The predicted octanol–water partition coefficient (Wildman–Crippen LogP) is 6.28. The predicted molar refractivity (Wildman–Crippen MR) is 117 cm³/mol. The van der Waals surface area contributed by atoms with E-state index in [9.17, 15) is 4.79 Å². The Morgan fingerprint density at radius 3 is 2.43 bits per heavy atom. The molecule has 0 amide bonds. The number of hydrogen-bond donors (Lipinski definition) is 0. The lowest BCUT2D eigenvalue weighted by Gasteiger charge is -2.14. The highest BCUT2D eigenvalue weighted by Gasteiger charge is 2.17. The third kappa shape index (κ3) is 4.64. The summed E-state index contributed by atoms with van der Waals surface area (Å²) in [6, 6.07) is 17.9. The van der Waals surface area contributed by atoms with Crippen molar-refractivity contribution in [2.75, 3.05) is 13.2 Å². The van der Waals surface area contributed by atoms with Gasteiger partial charge >= 0.3 is 5.97 Å². The Morgan fingerprint density at radius 1 is 0.900 bits per heavy atom. The molecule has 1 aromatic heterocycles. The summed E-state index contributed by atoms with van der Waals surface area (Å²) in [7, 11) is 0. The van der Waals surface area contributed by atoms with Crippen molar-refractivity contribution in [1.82, 2.24) is 0 Å². The molecule has 1 atom stereocenters. The number of halogens is 2. The topological polar surface area (TPSA) is 57.9 Å². The number of benzene rings is 3. The van der Waals surface area contributed by atoms with Gasteiger partial charge < -0.3 is 18.6 Å². The van der Waals surface area contributed by atoms with Crippen molar-refractivity contribution < 1.29 is 23.4 Å². The Kier molecular flexibility index (Phi) is 6.02. The van der Waals surface area contributed by atoms with Gasteiger partial charge in [-0.1, -0.05) is 29.3 Å². The summed E-state index contributed by atoms with van der Waals surface area (Å²) in [5.74, 6) is 0.636. The van der Waals surface area contributed by atoms with Crippen LogP contribution in [-0.4, -0.2) is 25.3 Å². The lowest BCUT2D eigenvalue weighted by atomic mass is 10.1. The van der Waals surface area contributed by atoms with Crippen LogP contribution in [-0.2, 0) is 9.53 Å². The zero-order chi connectivity index (χ0) is 21.1. The van der Waals surface area contributed by atoms with Gasteiger partial charge in [0, 0.05) is 33.0 Å². The summed E-state index contributed by atoms with van der Waals surface area (Å²) >= 11 is 11.9. The van der Waals surface area contributed by atoms with E-state index in [2.05, 4.69) is 0 Å². The van der Waals surface area contributed by atoms with Crippen LogP contribution in [0.15, 0.2) is 65.1 Å². The SMILES string of the molecule is CC(Oc1ccc2c(c1)oc1cc(Cl)ccc12)C(=O)OCCOc1cccc(Cl)c1. The summed E-state index contributed by atoms with van der Waals surface area (Å²) in [4.78, 5) is 12.2. The number of hydrogen-bond acceptors (Lipinski definition) is 5. The molecule has 0 aliphatic carbocycles. The fourth-order valence-corrected chi connectivity index (χ4v) is 3.38. The average molecular weight is 445 g/mol. The maximum atomic E-state index is 12.2. The van der Waals surface area contributed by atoms with Crippen molar-refractivity contribution in [3.05, 3.63) is 70.7 Å².